The SMILES string of the molecule is C[C@H](O)c1ccc(C#N)cc1N1CCNC(=O)CC1. The number of nitrogens with one attached hydrogen (secondary N) is 1. The molecule has 1 amide bonds. The van der Waals surface area contributed by atoms with E-state index < -0.39 is 6.10 Å². The van der Waals surface area contributed by atoms with Crippen molar-refractivity contribution in [3.63, 3.8) is 0 Å². The van der Waals surface area contributed by atoms with Gasteiger partial charge in [0.15, 0.2) is 0 Å². The summed E-state index contributed by atoms with van der Waals surface area (Å²) in [6, 6.07) is 7.36. The van der Waals surface area contributed by atoms with Gasteiger partial charge in [0.05, 0.1) is 17.7 Å². The summed E-state index contributed by atoms with van der Waals surface area (Å²) in [5.41, 5.74) is 2.18. The second-order valence-corrected chi connectivity index (χ2v) is 4.65. The molecule has 0 unspecified atom stereocenters. The number of nitriles is 1. The number of carbonyl (C=O) groups is 1. The number of nitrogens with zero attached hydrogens (tertiary/aromatic N) is 2. The average Bonchev–Trinajstić information content (AvgIpc) is 2.62. The van der Waals surface area contributed by atoms with Crippen LogP contribution < -0.4 is 10.2 Å². The summed E-state index contributed by atoms with van der Waals surface area (Å²) in [6.45, 7) is 3.56. The fourth-order valence-corrected chi connectivity index (χ4v) is 2.25. The molecule has 5 heteroatoms. The zero-order valence-corrected chi connectivity index (χ0v) is 10.9. The molecule has 100 valence electrons. The molecule has 1 aliphatic heterocycles. The van der Waals surface area contributed by atoms with Crippen molar-refractivity contribution in [3.05, 3.63) is 29.3 Å². The number of hydrogen-bond donors (Lipinski definition) is 2. The first-order valence-corrected chi connectivity index (χ1v) is 6.35. The molecule has 1 saturated heterocycles. The third kappa shape index (κ3) is 3.04. The largest absolute Gasteiger partial charge is 0.389 e. The monoisotopic (exact) mass is 259 g/mol. The van der Waals surface area contributed by atoms with Crippen LogP contribution in [0.2, 0.25) is 0 Å². The number of hydrogen-bond acceptors (Lipinski definition) is 4. The average molecular weight is 259 g/mol. The van der Waals surface area contributed by atoms with E-state index in [9.17, 15) is 9.90 Å². The minimum Gasteiger partial charge on any atom is -0.389 e. The van der Waals surface area contributed by atoms with Crippen LogP contribution in [-0.2, 0) is 4.79 Å². The van der Waals surface area contributed by atoms with Crippen LogP contribution in [0.25, 0.3) is 0 Å². The highest BCUT2D eigenvalue weighted by Crippen LogP contribution is 2.28. The maximum absolute atomic E-state index is 11.4. The van der Waals surface area contributed by atoms with E-state index in [0.717, 1.165) is 11.3 Å². The second kappa shape index (κ2) is 5.72. The normalized spacial score (nSPS) is 17.3. The molecule has 1 aliphatic rings. The summed E-state index contributed by atoms with van der Waals surface area (Å²) >= 11 is 0. The van der Waals surface area contributed by atoms with Gasteiger partial charge in [-0.3, -0.25) is 4.79 Å². The first-order valence-electron chi connectivity index (χ1n) is 6.35. The van der Waals surface area contributed by atoms with E-state index in [-0.39, 0.29) is 5.91 Å². The van der Waals surface area contributed by atoms with Crippen LogP contribution in [-0.4, -0.2) is 30.6 Å². The zero-order chi connectivity index (χ0) is 13.8. The highest BCUT2D eigenvalue weighted by Gasteiger charge is 2.18. The van der Waals surface area contributed by atoms with Gasteiger partial charge in [0.1, 0.15) is 0 Å². The summed E-state index contributed by atoms with van der Waals surface area (Å²) in [6.07, 6.45) is -0.176. The van der Waals surface area contributed by atoms with Crippen LogP contribution in [0.3, 0.4) is 0 Å². The molecule has 5 nitrogen and oxygen atoms in total. The highest BCUT2D eigenvalue weighted by atomic mass is 16.3. The van der Waals surface area contributed by atoms with Gasteiger partial charge in [-0.1, -0.05) is 6.07 Å². The molecule has 0 aromatic heterocycles. The van der Waals surface area contributed by atoms with E-state index in [1.165, 1.54) is 0 Å². The molecule has 0 bridgehead atoms. The Kier molecular flexibility index (Phi) is 4.03. The minimum absolute atomic E-state index is 0.0394. The summed E-state index contributed by atoms with van der Waals surface area (Å²) in [5.74, 6) is 0.0394. The van der Waals surface area contributed by atoms with Crippen LogP contribution >= 0.6 is 0 Å². The van der Waals surface area contributed by atoms with E-state index >= 15 is 0 Å². The Morgan fingerprint density at radius 1 is 1.47 bits per heavy atom. The number of rotatable bonds is 2. The second-order valence-electron chi connectivity index (χ2n) is 4.65. The number of benzene rings is 1. The standard InChI is InChI=1S/C14H17N3O2/c1-10(18)12-3-2-11(9-15)8-13(12)17-6-4-14(19)16-5-7-17/h2-3,8,10,18H,4-7H2,1H3,(H,16,19)/t10-/m0/s1. The topological polar surface area (TPSA) is 76.4 Å². The Morgan fingerprint density at radius 3 is 2.95 bits per heavy atom. The molecular formula is C14H17N3O2. The number of amides is 1. The Hall–Kier alpha value is -2.06. The molecule has 1 aromatic rings. The summed E-state index contributed by atoms with van der Waals surface area (Å²) in [4.78, 5) is 13.4. The first-order chi connectivity index (χ1) is 9.11. The summed E-state index contributed by atoms with van der Waals surface area (Å²) < 4.78 is 0. The van der Waals surface area contributed by atoms with Crippen molar-refractivity contribution in [3.8, 4) is 6.07 Å². The molecule has 0 saturated carbocycles. The smallest absolute Gasteiger partial charge is 0.221 e. The van der Waals surface area contributed by atoms with Gasteiger partial charge in [0.2, 0.25) is 5.91 Å². The van der Waals surface area contributed by atoms with Gasteiger partial charge >= 0.3 is 0 Å². The maximum atomic E-state index is 11.4. The van der Waals surface area contributed by atoms with E-state index in [4.69, 9.17) is 5.26 Å². The quantitative estimate of drug-likeness (QED) is 0.828. The third-order valence-corrected chi connectivity index (χ3v) is 3.26. The molecule has 0 aliphatic carbocycles. The van der Waals surface area contributed by atoms with Gasteiger partial charge in [0, 0.05) is 37.3 Å². The molecule has 1 atom stereocenters. The minimum atomic E-state index is -0.602. The maximum Gasteiger partial charge on any atom is 0.221 e. The fourth-order valence-electron chi connectivity index (χ4n) is 2.25. The molecular weight excluding hydrogens is 242 g/mol. The van der Waals surface area contributed by atoms with Gasteiger partial charge in [-0.15, -0.1) is 0 Å². The van der Waals surface area contributed by atoms with Crippen molar-refractivity contribution in [1.82, 2.24) is 5.32 Å². The molecule has 19 heavy (non-hydrogen) atoms. The van der Waals surface area contributed by atoms with E-state index in [2.05, 4.69) is 11.4 Å². The van der Waals surface area contributed by atoms with Crippen LogP contribution in [0.5, 0.6) is 0 Å². The Morgan fingerprint density at radius 2 is 2.26 bits per heavy atom. The summed E-state index contributed by atoms with van der Waals surface area (Å²) in [5, 5.41) is 21.6. The molecule has 2 rings (SSSR count). The molecule has 0 radical (unpaired) electrons. The first kappa shape index (κ1) is 13.4. The van der Waals surface area contributed by atoms with Crippen molar-refractivity contribution in [1.29, 1.82) is 5.26 Å². The Balaban J connectivity index is 2.35. The van der Waals surface area contributed by atoms with Crippen molar-refractivity contribution >= 4 is 11.6 Å². The van der Waals surface area contributed by atoms with Crippen LogP contribution in [0.1, 0.15) is 30.6 Å². The predicted octanol–water partition coefficient (Wildman–Crippen LogP) is 0.938. The van der Waals surface area contributed by atoms with Gasteiger partial charge in [-0.25, -0.2) is 0 Å². The molecule has 1 aromatic carbocycles. The van der Waals surface area contributed by atoms with Crippen LogP contribution in [0.4, 0.5) is 5.69 Å². The van der Waals surface area contributed by atoms with Gasteiger partial charge in [0.25, 0.3) is 0 Å². The molecule has 1 heterocycles. The number of aliphatic hydroxyl groups excluding tert-OH is 1. The van der Waals surface area contributed by atoms with Crippen molar-refractivity contribution in [2.45, 2.75) is 19.4 Å². The van der Waals surface area contributed by atoms with E-state index in [1.54, 1.807) is 25.1 Å². The molecule has 1 fully saturated rings. The zero-order valence-electron chi connectivity index (χ0n) is 10.9. The lowest BCUT2D eigenvalue weighted by Crippen LogP contribution is -2.29. The van der Waals surface area contributed by atoms with E-state index in [1.807, 2.05) is 4.90 Å². The number of carbonyl (C=O) groups excluding carboxylic acids is 1. The van der Waals surface area contributed by atoms with Gasteiger partial charge in [-0.05, 0) is 19.1 Å². The van der Waals surface area contributed by atoms with E-state index in [0.29, 0.717) is 31.6 Å². The van der Waals surface area contributed by atoms with Crippen molar-refractivity contribution < 1.29 is 9.90 Å². The van der Waals surface area contributed by atoms with Crippen molar-refractivity contribution in [2.75, 3.05) is 24.5 Å². The summed E-state index contributed by atoms with van der Waals surface area (Å²) in [7, 11) is 0. The van der Waals surface area contributed by atoms with Gasteiger partial charge < -0.3 is 15.3 Å². The van der Waals surface area contributed by atoms with Crippen molar-refractivity contribution in [2.24, 2.45) is 0 Å². The third-order valence-electron chi connectivity index (χ3n) is 3.26. The number of aliphatic hydroxyl groups is 1. The molecule has 2 N–H and O–H groups in total. The predicted molar refractivity (Wildman–Crippen MR) is 71.6 cm³/mol. The number of anilines is 1. The Labute approximate surface area is 112 Å². The fraction of sp³-hybridized carbons (Fsp3) is 0.429. The van der Waals surface area contributed by atoms with Crippen LogP contribution in [0, 0.1) is 11.3 Å². The Bertz CT molecular complexity index is 520. The van der Waals surface area contributed by atoms with Crippen LogP contribution in [0.15, 0.2) is 18.2 Å². The lowest BCUT2D eigenvalue weighted by atomic mass is 10.0. The molecule has 0 spiro atoms. The highest BCUT2D eigenvalue weighted by molar-refractivity contribution is 5.77. The lowest BCUT2D eigenvalue weighted by Gasteiger charge is -2.26. The van der Waals surface area contributed by atoms with Gasteiger partial charge in [-0.2, -0.15) is 5.26 Å². The lowest BCUT2D eigenvalue weighted by molar-refractivity contribution is -0.120.